The van der Waals surface area contributed by atoms with Crippen molar-refractivity contribution in [3.8, 4) is 0 Å². The van der Waals surface area contributed by atoms with Crippen LogP contribution < -0.4 is 10.7 Å². The van der Waals surface area contributed by atoms with Gasteiger partial charge in [0.2, 0.25) is 0 Å². The summed E-state index contributed by atoms with van der Waals surface area (Å²) in [4.78, 5) is 0. The van der Waals surface area contributed by atoms with E-state index in [2.05, 4.69) is 47.1 Å². The summed E-state index contributed by atoms with van der Waals surface area (Å²) in [5.74, 6) is 1.34. The molecule has 0 aliphatic heterocycles. The van der Waals surface area contributed by atoms with Gasteiger partial charge in [0.05, 0.1) is 0 Å². The molecule has 1 fully saturated rings. The number of fused-ring (bicyclic) bond motifs is 1. The van der Waals surface area contributed by atoms with E-state index in [0.29, 0.717) is 11.0 Å². The first kappa shape index (κ1) is 12.4. The molecule has 0 bridgehead atoms. The number of anilines is 1. The van der Waals surface area contributed by atoms with Gasteiger partial charge in [-0.2, -0.15) is 5.10 Å². The Morgan fingerprint density at radius 2 is 2.11 bits per heavy atom. The monoisotopic (exact) mass is 271 g/mol. The summed E-state index contributed by atoms with van der Waals surface area (Å²) in [6, 6.07) is 8.13. The normalized spacial score (nSPS) is 25.8. The fourth-order valence-corrected chi connectivity index (χ4v) is 2.75. The number of hydrogen-bond donors (Lipinski definition) is 2. The Bertz CT molecular complexity index is 545. The SMILES string of the molecule is Cc1ccc(NC(=S)N/N=C2/C[C@H]3C=CC[C@@H]23)cc1. The van der Waals surface area contributed by atoms with Crippen molar-refractivity contribution in [3.63, 3.8) is 0 Å². The van der Waals surface area contributed by atoms with E-state index < -0.39 is 0 Å². The minimum absolute atomic E-state index is 0.547. The van der Waals surface area contributed by atoms with E-state index in [9.17, 15) is 0 Å². The van der Waals surface area contributed by atoms with Crippen LogP contribution in [0.4, 0.5) is 5.69 Å². The average molecular weight is 271 g/mol. The molecule has 2 aliphatic rings. The lowest BCUT2D eigenvalue weighted by Gasteiger charge is -2.31. The molecule has 0 unspecified atom stereocenters. The molecule has 2 atom stereocenters. The third-order valence-electron chi connectivity index (χ3n) is 3.77. The number of allylic oxidation sites excluding steroid dienone is 2. The molecule has 0 heterocycles. The van der Waals surface area contributed by atoms with Gasteiger partial charge in [-0.3, -0.25) is 5.43 Å². The molecule has 3 nitrogen and oxygen atoms in total. The number of rotatable bonds is 2. The summed E-state index contributed by atoms with van der Waals surface area (Å²) >= 11 is 5.23. The number of hydrogen-bond acceptors (Lipinski definition) is 2. The van der Waals surface area contributed by atoms with Gasteiger partial charge in [0.15, 0.2) is 5.11 Å². The van der Waals surface area contributed by atoms with Gasteiger partial charge in [0, 0.05) is 17.3 Å². The highest BCUT2D eigenvalue weighted by molar-refractivity contribution is 7.80. The van der Waals surface area contributed by atoms with Crippen LogP contribution in [0.3, 0.4) is 0 Å². The minimum Gasteiger partial charge on any atom is -0.331 e. The highest BCUT2D eigenvalue weighted by atomic mass is 32.1. The Morgan fingerprint density at radius 3 is 2.84 bits per heavy atom. The van der Waals surface area contributed by atoms with Crippen molar-refractivity contribution >= 4 is 28.7 Å². The highest BCUT2D eigenvalue weighted by Gasteiger charge is 2.37. The Kier molecular flexibility index (Phi) is 3.34. The lowest BCUT2D eigenvalue weighted by molar-refractivity contribution is 0.463. The van der Waals surface area contributed by atoms with Crippen molar-refractivity contribution in [1.29, 1.82) is 0 Å². The van der Waals surface area contributed by atoms with E-state index in [1.165, 1.54) is 11.3 Å². The van der Waals surface area contributed by atoms with E-state index >= 15 is 0 Å². The van der Waals surface area contributed by atoms with Crippen LogP contribution in [-0.2, 0) is 0 Å². The van der Waals surface area contributed by atoms with Crippen LogP contribution in [0.5, 0.6) is 0 Å². The second kappa shape index (κ2) is 5.13. The summed E-state index contributed by atoms with van der Waals surface area (Å²) in [7, 11) is 0. The predicted octanol–water partition coefficient (Wildman–Crippen LogP) is 3.23. The van der Waals surface area contributed by atoms with Gasteiger partial charge in [0.25, 0.3) is 0 Å². The quantitative estimate of drug-likeness (QED) is 0.492. The van der Waals surface area contributed by atoms with E-state index in [-0.39, 0.29) is 0 Å². The molecule has 4 heteroatoms. The summed E-state index contributed by atoms with van der Waals surface area (Å²) in [5, 5.41) is 8.09. The smallest absolute Gasteiger partial charge is 0.191 e. The molecule has 0 radical (unpaired) electrons. The molecule has 19 heavy (non-hydrogen) atoms. The standard InChI is InChI=1S/C15H17N3S/c1-10-5-7-12(8-6-10)16-15(19)18-17-14-9-11-3-2-4-13(11)14/h2-3,5-8,11,13H,4,9H2,1H3,(H2,16,18,19)/b17-14-/t11-,13-/m1/s1. The van der Waals surface area contributed by atoms with Crippen molar-refractivity contribution in [3.05, 3.63) is 42.0 Å². The number of aryl methyl sites for hydroxylation is 1. The first-order valence-corrected chi connectivity index (χ1v) is 7.00. The first-order chi connectivity index (χ1) is 9.22. The Labute approximate surface area is 118 Å². The summed E-state index contributed by atoms with van der Waals surface area (Å²) < 4.78 is 0. The molecule has 3 rings (SSSR count). The Hall–Kier alpha value is -1.68. The first-order valence-electron chi connectivity index (χ1n) is 6.59. The largest absolute Gasteiger partial charge is 0.331 e. The summed E-state index contributed by atoms with van der Waals surface area (Å²) in [5.41, 5.74) is 6.40. The van der Waals surface area contributed by atoms with Crippen LogP contribution in [-0.4, -0.2) is 10.8 Å². The topological polar surface area (TPSA) is 36.4 Å². The third kappa shape index (κ3) is 2.68. The summed E-state index contributed by atoms with van der Waals surface area (Å²) in [6.45, 7) is 2.06. The third-order valence-corrected chi connectivity index (χ3v) is 3.97. The van der Waals surface area contributed by atoms with E-state index in [1.807, 2.05) is 12.1 Å². The van der Waals surface area contributed by atoms with Crippen molar-refractivity contribution in [2.24, 2.45) is 16.9 Å². The number of thiocarbonyl (C=S) groups is 1. The number of hydrazone groups is 1. The Morgan fingerprint density at radius 1 is 1.32 bits per heavy atom. The number of nitrogens with one attached hydrogen (secondary N) is 2. The molecule has 98 valence electrons. The fourth-order valence-electron chi connectivity index (χ4n) is 2.58. The van der Waals surface area contributed by atoms with Crippen LogP contribution in [0.25, 0.3) is 0 Å². The molecule has 2 aliphatic carbocycles. The molecule has 0 spiro atoms. The van der Waals surface area contributed by atoms with Gasteiger partial charge < -0.3 is 5.32 Å². The zero-order valence-electron chi connectivity index (χ0n) is 10.9. The van der Waals surface area contributed by atoms with Crippen molar-refractivity contribution in [2.75, 3.05) is 5.32 Å². The van der Waals surface area contributed by atoms with Crippen molar-refractivity contribution in [2.45, 2.75) is 19.8 Å². The maximum Gasteiger partial charge on any atom is 0.191 e. The van der Waals surface area contributed by atoms with Crippen LogP contribution in [0.1, 0.15) is 18.4 Å². The molecular formula is C15H17N3S. The molecule has 1 aromatic carbocycles. The van der Waals surface area contributed by atoms with E-state index in [4.69, 9.17) is 12.2 Å². The maximum absolute atomic E-state index is 5.23. The summed E-state index contributed by atoms with van der Waals surface area (Å²) in [6.07, 6.45) is 6.75. The molecule has 0 aromatic heterocycles. The molecular weight excluding hydrogens is 254 g/mol. The molecule has 2 N–H and O–H groups in total. The van der Waals surface area contributed by atoms with Crippen LogP contribution in [0, 0.1) is 18.8 Å². The van der Waals surface area contributed by atoms with Crippen molar-refractivity contribution < 1.29 is 0 Å². The van der Waals surface area contributed by atoms with E-state index in [1.54, 1.807) is 0 Å². The van der Waals surface area contributed by atoms with Gasteiger partial charge >= 0.3 is 0 Å². The molecule has 1 aromatic rings. The highest BCUT2D eigenvalue weighted by Crippen LogP contribution is 2.39. The minimum atomic E-state index is 0.547. The average Bonchev–Trinajstić information content (AvgIpc) is 2.74. The van der Waals surface area contributed by atoms with Gasteiger partial charge in [-0.15, -0.1) is 0 Å². The van der Waals surface area contributed by atoms with Crippen LogP contribution >= 0.6 is 12.2 Å². The van der Waals surface area contributed by atoms with Gasteiger partial charge in [-0.25, -0.2) is 0 Å². The van der Waals surface area contributed by atoms with Crippen LogP contribution in [0.2, 0.25) is 0 Å². The zero-order chi connectivity index (χ0) is 13.2. The maximum atomic E-state index is 5.23. The molecule has 1 saturated carbocycles. The van der Waals surface area contributed by atoms with Crippen LogP contribution in [0.15, 0.2) is 41.5 Å². The lowest BCUT2D eigenvalue weighted by atomic mass is 9.74. The fraction of sp³-hybridized carbons (Fsp3) is 0.333. The molecule has 0 saturated heterocycles. The number of benzene rings is 1. The van der Waals surface area contributed by atoms with Gasteiger partial charge in [-0.05, 0) is 50.0 Å². The van der Waals surface area contributed by atoms with E-state index in [0.717, 1.165) is 24.4 Å². The number of nitrogens with zero attached hydrogens (tertiary/aromatic N) is 1. The van der Waals surface area contributed by atoms with Gasteiger partial charge in [-0.1, -0.05) is 29.8 Å². The zero-order valence-corrected chi connectivity index (χ0v) is 11.7. The van der Waals surface area contributed by atoms with Crippen molar-refractivity contribution in [1.82, 2.24) is 5.43 Å². The van der Waals surface area contributed by atoms with Gasteiger partial charge in [0.1, 0.15) is 0 Å². The second-order valence-electron chi connectivity index (χ2n) is 5.17. The lowest BCUT2D eigenvalue weighted by Crippen LogP contribution is -2.36. The second-order valence-corrected chi connectivity index (χ2v) is 5.58. The molecule has 0 amide bonds. The Balaban J connectivity index is 1.52. The predicted molar refractivity (Wildman–Crippen MR) is 83.3 cm³/mol.